The van der Waals surface area contributed by atoms with Gasteiger partial charge in [0.15, 0.2) is 0 Å². The van der Waals surface area contributed by atoms with E-state index in [1.807, 2.05) is 0 Å². The number of rotatable bonds is 7. The van der Waals surface area contributed by atoms with Crippen molar-refractivity contribution in [1.82, 2.24) is 4.90 Å². The number of hydrogen-bond acceptors (Lipinski definition) is 4. The zero-order chi connectivity index (χ0) is 13.7. The molecule has 5 nitrogen and oxygen atoms in total. The van der Waals surface area contributed by atoms with Crippen molar-refractivity contribution in [2.75, 3.05) is 31.6 Å². The molecule has 0 radical (unpaired) electrons. The van der Waals surface area contributed by atoms with Crippen LogP contribution in [0, 0.1) is 0 Å². The van der Waals surface area contributed by atoms with Gasteiger partial charge >= 0.3 is 12.1 Å². The summed E-state index contributed by atoms with van der Waals surface area (Å²) >= 11 is 0. The van der Waals surface area contributed by atoms with E-state index in [1.165, 1.54) is 0 Å². The Labute approximate surface area is 97.1 Å². The zero-order valence-electron chi connectivity index (χ0n) is 9.20. The highest BCUT2D eigenvalue weighted by molar-refractivity contribution is 7.90. The van der Waals surface area contributed by atoms with Crippen molar-refractivity contribution in [1.29, 1.82) is 0 Å². The second kappa shape index (κ2) is 6.20. The fraction of sp³-hybridized carbons (Fsp3) is 0.875. The summed E-state index contributed by atoms with van der Waals surface area (Å²) in [4.78, 5) is 11.0. The second-order valence-electron chi connectivity index (χ2n) is 3.70. The van der Waals surface area contributed by atoms with Crippen LogP contribution in [0.1, 0.15) is 6.42 Å². The van der Waals surface area contributed by atoms with E-state index in [2.05, 4.69) is 0 Å². The minimum absolute atomic E-state index is 0.0256. The smallest absolute Gasteiger partial charge is 0.401 e. The number of aliphatic carboxylic acids is 1. The van der Waals surface area contributed by atoms with Gasteiger partial charge in [-0.1, -0.05) is 0 Å². The van der Waals surface area contributed by atoms with Crippen molar-refractivity contribution < 1.29 is 31.5 Å². The number of carbonyl (C=O) groups is 1. The monoisotopic (exact) mass is 277 g/mol. The highest BCUT2D eigenvalue weighted by Gasteiger charge is 2.31. The van der Waals surface area contributed by atoms with Crippen LogP contribution in [0.3, 0.4) is 0 Å². The Morgan fingerprint density at radius 1 is 1.35 bits per heavy atom. The van der Waals surface area contributed by atoms with Gasteiger partial charge in [-0.05, 0) is 6.42 Å². The summed E-state index contributed by atoms with van der Waals surface area (Å²) in [7, 11) is -3.25. The van der Waals surface area contributed by atoms with Crippen molar-refractivity contribution in [2.45, 2.75) is 12.6 Å². The summed E-state index contributed by atoms with van der Waals surface area (Å²) in [6.45, 7) is -2.34. The fourth-order valence-corrected chi connectivity index (χ4v) is 1.86. The lowest BCUT2D eigenvalue weighted by atomic mass is 10.4. The summed E-state index contributed by atoms with van der Waals surface area (Å²) in [5.41, 5.74) is 0. The second-order valence-corrected chi connectivity index (χ2v) is 5.96. The van der Waals surface area contributed by atoms with Crippen LogP contribution in [0.4, 0.5) is 13.2 Å². The fourth-order valence-electron chi connectivity index (χ4n) is 1.21. The minimum Gasteiger partial charge on any atom is -0.480 e. The SMILES string of the molecule is CS(=O)(=O)CCCN(CC(=O)O)CC(F)(F)F. The number of carboxylic acids is 1. The molecule has 0 fully saturated rings. The minimum atomic E-state index is -4.50. The molecule has 0 saturated carbocycles. The molecule has 0 aliphatic carbocycles. The molecule has 0 saturated heterocycles. The van der Waals surface area contributed by atoms with Crippen LogP contribution in [0.15, 0.2) is 0 Å². The average molecular weight is 277 g/mol. The standard InChI is InChI=1S/C8H14F3NO4S/c1-17(15,16)4-2-3-12(5-7(13)14)6-8(9,10)11/h2-6H2,1H3,(H,13,14). The first-order valence-electron chi connectivity index (χ1n) is 4.68. The van der Waals surface area contributed by atoms with E-state index in [4.69, 9.17) is 5.11 Å². The number of halogens is 3. The molecular formula is C8H14F3NO4S. The van der Waals surface area contributed by atoms with Crippen LogP contribution < -0.4 is 0 Å². The molecule has 0 spiro atoms. The maximum atomic E-state index is 12.1. The normalized spacial score (nSPS) is 13.0. The number of nitrogens with zero attached hydrogens (tertiary/aromatic N) is 1. The third-order valence-electron chi connectivity index (χ3n) is 1.75. The molecule has 0 aliphatic heterocycles. The van der Waals surface area contributed by atoms with Crippen molar-refractivity contribution >= 4 is 15.8 Å². The molecule has 102 valence electrons. The predicted molar refractivity (Wildman–Crippen MR) is 54.5 cm³/mol. The third-order valence-corrected chi connectivity index (χ3v) is 2.78. The molecule has 0 aromatic carbocycles. The maximum absolute atomic E-state index is 12.1. The Hall–Kier alpha value is -0.830. The summed E-state index contributed by atoms with van der Waals surface area (Å²) in [5.74, 6) is -1.64. The largest absolute Gasteiger partial charge is 0.480 e. The number of sulfone groups is 1. The molecule has 0 unspecified atom stereocenters. The molecule has 0 atom stereocenters. The summed E-state index contributed by atoms with van der Waals surface area (Å²) in [6, 6.07) is 0. The lowest BCUT2D eigenvalue weighted by Crippen LogP contribution is -2.38. The molecule has 0 aromatic rings. The lowest BCUT2D eigenvalue weighted by molar-refractivity contribution is -0.153. The highest BCUT2D eigenvalue weighted by atomic mass is 32.2. The summed E-state index contributed by atoms with van der Waals surface area (Å²) in [6.07, 6.45) is -3.55. The van der Waals surface area contributed by atoms with E-state index >= 15 is 0 Å². The Bertz CT molecular complexity index is 352. The molecule has 0 rings (SSSR count). The maximum Gasteiger partial charge on any atom is 0.401 e. The lowest BCUT2D eigenvalue weighted by Gasteiger charge is -2.21. The summed E-state index contributed by atoms with van der Waals surface area (Å²) < 4.78 is 57.7. The molecule has 0 aliphatic rings. The number of hydrogen-bond donors (Lipinski definition) is 1. The van der Waals surface area contributed by atoms with Crippen LogP contribution >= 0.6 is 0 Å². The van der Waals surface area contributed by atoms with Gasteiger partial charge in [-0.3, -0.25) is 9.69 Å². The Morgan fingerprint density at radius 3 is 2.24 bits per heavy atom. The topological polar surface area (TPSA) is 74.7 Å². The molecule has 17 heavy (non-hydrogen) atoms. The average Bonchev–Trinajstić information content (AvgIpc) is 1.95. The van der Waals surface area contributed by atoms with E-state index in [0.717, 1.165) is 6.26 Å². The van der Waals surface area contributed by atoms with E-state index in [9.17, 15) is 26.4 Å². The Morgan fingerprint density at radius 2 is 1.88 bits per heavy atom. The molecular weight excluding hydrogens is 263 g/mol. The van der Waals surface area contributed by atoms with E-state index in [0.29, 0.717) is 4.90 Å². The molecule has 1 N–H and O–H groups in total. The van der Waals surface area contributed by atoms with E-state index < -0.39 is 35.1 Å². The van der Waals surface area contributed by atoms with Crippen LogP contribution in [-0.2, 0) is 14.6 Å². The van der Waals surface area contributed by atoms with Gasteiger partial charge in [0.05, 0.1) is 18.8 Å². The van der Waals surface area contributed by atoms with Crippen LogP contribution in [-0.4, -0.2) is 62.2 Å². The van der Waals surface area contributed by atoms with Crippen LogP contribution in [0.5, 0.6) is 0 Å². The van der Waals surface area contributed by atoms with Gasteiger partial charge in [-0.15, -0.1) is 0 Å². The number of alkyl halides is 3. The molecule has 0 bridgehead atoms. The van der Waals surface area contributed by atoms with Gasteiger partial charge in [0.25, 0.3) is 0 Å². The first kappa shape index (κ1) is 16.2. The van der Waals surface area contributed by atoms with Crippen molar-refractivity contribution in [3.63, 3.8) is 0 Å². The molecule has 0 heterocycles. The molecule has 0 amide bonds. The van der Waals surface area contributed by atoms with E-state index in [-0.39, 0.29) is 18.7 Å². The van der Waals surface area contributed by atoms with Gasteiger partial charge in [0.1, 0.15) is 9.84 Å². The van der Waals surface area contributed by atoms with Gasteiger partial charge in [0, 0.05) is 12.8 Å². The van der Waals surface area contributed by atoms with E-state index in [1.54, 1.807) is 0 Å². The van der Waals surface area contributed by atoms with Crippen LogP contribution in [0.25, 0.3) is 0 Å². The van der Waals surface area contributed by atoms with Crippen molar-refractivity contribution in [3.05, 3.63) is 0 Å². The highest BCUT2D eigenvalue weighted by Crippen LogP contribution is 2.16. The van der Waals surface area contributed by atoms with Gasteiger partial charge < -0.3 is 5.11 Å². The van der Waals surface area contributed by atoms with Crippen molar-refractivity contribution in [3.8, 4) is 0 Å². The molecule has 0 aromatic heterocycles. The van der Waals surface area contributed by atoms with Crippen LogP contribution in [0.2, 0.25) is 0 Å². The first-order valence-corrected chi connectivity index (χ1v) is 6.74. The Kier molecular flexibility index (Phi) is 5.89. The predicted octanol–water partition coefficient (Wildman–Crippen LogP) is 0.370. The number of carboxylic acid groups (broad SMARTS) is 1. The summed E-state index contributed by atoms with van der Waals surface area (Å²) in [5, 5.41) is 8.41. The zero-order valence-corrected chi connectivity index (χ0v) is 10.0. The Balaban J connectivity index is 4.25. The van der Waals surface area contributed by atoms with Gasteiger partial charge in [0.2, 0.25) is 0 Å². The quantitative estimate of drug-likeness (QED) is 0.727. The third kappa shape index (κ3) is 11.4. The first-order chi connectivity index (χ1) is 7.49. The van der Waals surface area contributed by atoms with Gasteiger partial charge in [-0.2, -0.15) is 13.2 Å². The van der Waals surface area contributed by atoms with Gasteiger partial charge in [-0.25, -0.2) is 8.42 Å². The molecule has 9 heteroatoms. The van der Waals surface area contributed by atoms with Crippen molar-refractivity contribution in [2.24, 2.45) is 0 Å².